The number of rotatable bonds is 9. The minimum absolute atomic E-state index is 0.0118. The van der Waals surface area contributed by atoms with E-state index in [9.17, 15) is 5.11 Å². The summed E-state index contributed by atoms with van der Waals surface area (Å²) in [7, 11) is 0. The number of hydrogen-bond donors (Lipinski definition) is 1. The van der Waals surface area contributed by atoms with Gasteiger partial charge in [-0.1, -0.05) is 90.1 Å². The van der Waals surface area contributed by atoms with Gasteiger partial charge in [-0.3, -0.25) is 4.90 Å². The Labute approximate surface area is 184 Å². The summed E-state index contributed by atoms with van der Waals surface area (Å²) in [5.41, 5.74) is 5.76. The molecule has 1 aliphatic rings. The van der Waals surface area contributed by atoms with Crippen molar-refractivity contribution in [3.63, 3.8) is 0 Å². The van der Waals surface area contributed by atoms with Crippen molar-refractivity contribution in [2.75, 3.05) is 13.1 Å². The van der Waals surface area contributed by atoms with Crippen LogP contribution in [-0.4, -0.2) is 41.0 Å². The lowest BCUT2D eigenvalue weighted by atomic mass is 10.00. The molecule has 0 spiro atoms. The van der Waals surface area contributed by atoms with E-state index in [0.717, 1.165) is 36.3 Å². The monoisotopic (exact) mass is 414 g/mol. The molecule has 0 bridgehead atoms. The van der Waals surface area contributed by atoms with Crippen molar-refractivity contribution < 1.29 is 9.94 Å². The first kappa shape index (κ1) is 21.3. The van der Waals surface area contributed by atoms with Gasteiger partial charge in [-0.15, -0.1) is 0 Å². The van der Waals surface area contributed by atoms with Crippen molar-refractivity contribution in [2.24, 2.45) is 5.16 Å². The maximum atomic E-state index is 10.8. The lowest BCUT2D eigenvalue weighted by Crippen LogP contribution is -2.38. The van der Waals surface area contributed by atoms with Crippen LogP contribution >= 0.6 is 0 Å². The molecule has 1 aliphatic heterocycles. The van der Waals surface area contributed by atoms with Crippen LogP contribution in [0.2, 0.25) is 0 Å². The molecule has 4 rings (SSSR count). The normalized spacial score (nSPS) is 16.7. The smallest absolute Gasteiger partial charge is 0.145 e. The average Bonchev–Trinajstić information content (AvgIpc) is 3.23. The minimum atomic E-state index is -0.440. The maximum Gasteiger partial charge on any atom is 0.145 e. The molecule has 0 aromatic heterocycles. The number of aliphatic hydroxyl groups is 1. The summed E-state index contributed by atoms with van der Waals surface area (Å²) in [5.74, 6) is 0. The van der Waals surface area contributed by atoms with Crippen molar-refractivity contribution in [2.45, 2.75) is 38.5 Å². The van der Waals surface area contributed by atoms with E-state index >= 15 is 0 Å². The van der Waals surface area contributed by atoms with Gasteiger partial charge in [-0.25, -0.2) is 0 Å². The number of nitrogens with zero attached hydrogens (tertiary/aromatic N) is 2. The summed E-state index contributed by atoms with van der Waals surface area (Å²) < 4.78 is 0. The van der Waals surface area contributed by atoms with Crippen molar-refractivity contribution in [3.05, 3.63) is 107 Å². The van der Waals surface area contributed by atoms with E-state index in [1.807, 2.05) is 36.4 Å². The van der Waals surface area contributed by atoms with Gasteiger partial charge < -0.3 is 9.94 Å². The second-order valence-electron chi connectivity index (χ2n) is 8.31. The Morgan fingerprint density at radius 2 is 1.58 bits per heavy atom. The average molecular weight is 415 g/mol. The van der Waals surface area contributed by atoms with E-state index in [0.29, 0.717) is 13.0 Å². The summed E-state index contributed by atoms with van der Waals surface area (Å²) in [5, 5.41) is 15.2. The molecule has 1 N–H and O–H groups in total. The topological polar surface area (TPSA) is 45.1 Å². The molecule has 2 atom stereocenters. The molecule has 160 valence electrons. The molecule has 4 nitrogen and oxygen atoms in total. The quantitative estimate of drug-likeness (QED) is 0.557. The van der Waals surface area contributed by atoms with Gasteiger partial charge in [0.15, 0.2) is 0 Å². The maximum absolute atomic E-state index is 10.8. The SMILES string of the molecule is Cc1ccccc1C1=NO[C@H](CN(Cc2ccccc2)C[C@H](O)Cc2ccccc2)C1. The van der Waals surface area contributed by atoms with E-state index < -0.39 is 6.10 Å². The van der Waals surface area contributed by atoms with Crippen LogP contribution in [0.4, 0.5) is 0 Å². The highest BCUT2D eigenvalue weighted by molar-refractivity contribution is 6.02. The van der Waals surface area contributed by atoms with Gasteiger partial charge in [0.25, 0.3) is 0 Å². The van der Waals surface area contributed by atoms with Gasteiger partial charge in [0.2, 0.25) is 0 Å². The highest BCUT2D eigenvalue weighted by Gasteiger charge is 2.26. The van der Waals surface area contributed by atoms with Crippen molar-refractivity contribution >= 4 is 5.71 Å². The number of benzene rings is 3. The molecule has 31 heavy (non-hydrogen) atoms. The highest BCUT2D eigenvalue weighted by atomic mass is 16.6. The zero-order valence-corrected chi connectivity index (χ0v) is 18.0. The van der Waals surface area contributed by atoms with Crippen LogP contribution < -0.4 is 0 Å². The fraction of sp³-hybridized carbons (Fsp3) is 0.296. The second kappa shape index (κ2) is 10.4. The number of aliphatic hydroxyl groups excluding tert-OH is 1. The standard InChI is InChI=1S/C27H30N2O2/c1-21-10-8-9-15-26(21)27-17-25(31-28-27)20-29(18-23-13-6-3-7-14-23)19-24(30)16-22-11-4-2-5-12-22/h2-15,24-25,30H,16-20H2,1H3/t24-,25+/m1/s1. The first-order chi connectivity index (χ1) is 15.2. The molecule has 4 heteroatoms. The van der Waals surface area contributed by atoms with Crippen molar-refractivity contribution in [3.8, 4) is 0 Å². The van der Waals surface area contributed by atoms with E-state index in [4.69, 9.17) is 4.84 Å². The Morgan fingerprint density at radius 3 is 2.29 bits per heavy atom. The van der Waals surface area contributed by atoms with Gasteiger partial charge in [-0.2, -0.15) is 0 Å². The summed E-state index contributed by atoms with van der Waals surface area (Å²) >= 11 is 0. The van der Waals surface area contributed by atoms with Crippen LogP contribution in [-0.2, 0) is 17.8 Å². The van der Waals surface area contributed by atoms with E-state index in [1.54, 1.807) is 0 Å². The molecule has 0 amide bonds. The molecule has 0 aliphatic carbocycles. The zero-order chi connectivity index (χ0) is 21.5. The zero-order valence-electron chi connectivity index (χ0n) is 18.0. The van der Waals surface area contributed by atoms with Crippen LogP contribution in [0.3, 0.4) is 0 Å². The van der Waals surface area contributed by atoms with E-state index in [-0.39, 0.29) is 6.10 Å². The summed E-state index contributed by atoms with van der Waals surface area (Å²) in [4.78, 5) is 8.09. The van der Waals surface area contributed by atoms with Crippen LogP contribution in [0.15, 0.2) is 90.1 Å². The third-order valence-corrected chi connectivity index (χ3v) is 5.68. The third-order valence-electron chi connectivity index (χ3n) is 5.68. The van der Waals surface area contributed by atoms with Crippen LogP contribution in [0.1, 0.15) is 28.7 Å². The molecule has 0 radical (unpaired) electrons. The predicted molar refractivity (Wildman–Crippen MR) is 125 cm³/mol. The molecule has 0 fully saturated rings. The molecular formula is C27H30N2O2. The molecule has 0 saturated heterocycles. The minimum Gasteiger partial charge on any atom is -0.391 e. The Hall–Kier alpha value is -2.95. The van der Waals surface area contributed by atoms with Crippen LogP contribution in [0.5, 0.6) is 0 Å². The largest absolute Gasteiger partial charge is 0.391 e. The van der Waals surface area contributed by atoms with E-state index in [2.05, 4.69) is 65.5 Å². The lowest BCUT2D eigenvalue weighted by molar-refractivity contribution is 0.0322. The van der Waals surface area contributed by atoms with Gasteiger partial charge in [-0.05, 0) is 30.0 Å². The predicted octanol–water partition coefficient (Wildman–Crippen LogP) is 4.59. The third kappa shape index (κ3) is 6.03. The Morgan fingerprint density at radius 1 is 0.935 bits per heavy atom. The first-order valence-corrected chi connectivity index (χ1v) is 10.9. The first-order valence-electron chi connectivity index (χ1n) is 10.9. The number of oxime groups is 1. The molecule has 3 aromatic carbocycles. The fourth-order valence-corrected chi connectivity index (χ4v) is 4.16. The highest BCUT2D eigenvalue weighted by Crippen LogP contribution is 2.21. The molecular weight excluding hydrogens is 384 g/mol. The molecule has 3 aromatic rings. The summed E-state index contributed by atoms with van der Waals surface area (Å²) in [6, 6.07) is 28.8. The Bertz CT molecular complexity index is 988. The van der Waals surface area contributed by atoms with Crippen molar-refractivity contribution in [1.29, 1.82) is 0 Å². The van der Waals surface area contributed by atoms with Gasteiger partial charge in [0.05, 0.1) is 11.8 Å². The Balaban J connectivity index is 1.40. The van der Waals surface area contributed by atoms with Crippen LogP contribution in [0.25, 0.3) is 0 Å². The van der Waals surface area contributed by atoms with E-state index in [1.165, 1.54) is 11.1 Å². The molecule has 1 heterocycles. The fourth-order valence-electron chi connectivity index (χ4n) is 4.16. The lowest BCUT2D eigenvalue weighted by Gasteiger charge is -2.27. The second-order valence-corrected chi connectivity index (χ2v) is 8.31. The summed E-state index contributed by atoms with van der Waals surface area (Å²) in [6.07, 6.45) is 0.972. The van der Waals surface area contributed by atoms with Gasteiger partial charge in [0.1, 0.15) is 6.10 Å². The number of aryl methyl sites for hydroxylation is 1. The Kier molecular flexibility index (Phi) is 7.13. The van der Waals surface area contributed by atoms with Crippen molar-refractivity contribution in [1.82, 2.24) is 4.90 Å². The number of hydrogen-bond acceptors (Lipinski definition) is 4. The molecule has 0 unspecified atom stereocenters. The molecule has 0 saturated carbocycles. The van der Waals surface area contributed by atoms with Gasteiger partial charge in [0, 0.05) is 31.6 Å². The summed E-state index contributed by atoms with van der Waals surface area (Å²) in [6.45, 7) is 4.18. The van der Waals surface area contributed by atoms with Gasteiger partial charge >= 0.3 is 0 Å². The van der Waals surface area contributed by atoms with Crippen LogP contribution in [0, 0.1) is 6.92 Å².